The molecule has 13 heteroatoms. The highest BCUT2D eigenvalue weighted by atomic mass is 32.2. The van der Waals surface area contributed by atoms with E-state index in [4.69, 9.17) is 14.2 Å². The van der Waals surface area contributed by atoms with Gasteiger partial charge in [-0.2, -0.15) is 0 Å². The predicted molar refractivity (Wildman–Crippen MR) is 130 cm³/mol. The van der Waals surface area contributed by atoms with E-state index >= 15 is 0 Å². The molecule has 0 aliphatic carbocycles. The van der Waals surface area contributed by atoms with Crippen LogP contribution in [0.15, 0.2) is 17.3 Å². The molecule has 0 radical (unpaired) electrons. The normalized spacial score (nSPS) is 10.7. The van der Waals surface area contributed by atoms with Gasteiger partial charge in [-0.05, 0) is 19.1 Å². The van der Waals surface area contributed by atoms with Crippen LogP contribution < -0.4 is 19.5 Å². The molecule has 2 heterocycles. The molecule has 0 bridgehead atoms. The van der Waals surface area contributed by atoms with E-state index < -0.39 is 0 Å². The lowest BCUT2D eigenvalue weighted by Crippen LogP contribution is -2.21. The molecule has 34 heavy (non-hydrogen) atoms. The van der Waals surface area contributed by atoms with Gasteiger partial charge in [0.1, 0.15) is 4.88 Å². The van der Waals surface area contributed by atoms with Crippen molar-refractivity contribution >= 4 is 40.0 Å². The molecule has 1 aromatic carbocycles. The number of methoxy groups -OCH3 is 3. The number of hydrogen-bond donors (Lipinski definition) is 1. The lowest BCUT2D eigenvalue weighted by Gasteiger charge is -2.14. The average molecular weight is 507 g/mol. The summed E-state index contributed by atoms with van der Waals surface area (Å²) in [6.45, 7) is 1.74. The number of rotatable bonds is 9. The molecule has 0 unspecified atom stereocenters. The number of amides is 2. The maximum absolute atomic E-state index is 12.5. The summed E-state index contributed by atoms with van der Waals surface area (Å²) in [5.74, 6) is 1.73. The summed E-state index contributed by atoms with van der Waals surface area (Å²) in [5, 5.41) is 12.1. The zero-order valence-electron chi connectivity index (χ0n) is 20.0. The van der Waals surface area contributed by atoms with E-state index in [2.05, 4.69) is 20.5 Å². The van der Waals surface area contributed by atoms with Crippen LogP contribution in [0.3, 0.4) is 0 Å². The second kappa shape index (κ2) is 10.7. The Morgan fingerprint density at radius 3 is 2.32 bits per heavy atom. The fourth-order valence-corrected chi connectivity index (χ4v) is 4.75. The Hall–Kier alpha value is -3.32. The van der Waals surface area contributed by atoms with Crippen LogP contribution in [0.4, 0.5) is 5.13 Å². The number of aryl methyl sites for hydroxylation is 1. The van der Waals surface area contributed by atoms with Crippen LogP contribution in [0.25, 0.3) is 11.4 Å². The van der Waals surface area contributed by atoms with Crippen molar-refractivity contribution in [2.45, 2.75) is 12.1 Å². The van der Waals surface area contributed by atoms with Gasteiger partial charge in [-0.3, -0.25) is 9.59 Å². The van der Waals surface area contributed by atoms with Crippen LogP contribution in [0.5, 0.6) is 17.2 Å². The Morgan fingerprint density at radius 2 is 1.76 bits per heavy atom. The van der Waals surface area contributed by atoms with Crippen LogP contribution in [0, 0.1) is 6.92 Å². The molecule has 0 aliphatic rings. The van der Waals surface area contributed by atoms with Crippen molar-refractivity contribution in [2.75, 3.05) is 46.5 Å². The van der Waals surface area contributed by atoms with E-state index in [1.807, 2.05) is 7.05 Å². The van der Waals surface area contributed by atoms with Gasteiger partial charge in [-0.1, -0.05) is 23.1 Å². The Kier molecular flexibility index (Phi) is 7.99. The van der Waals surface area contributed by atoms with Gasteiger partial charge in [0.2, 0.25) is 11.7 Å². The third-order valence-electron chi connectivity index (χ3n) is 4.73. The van der Waals surface area contributed by atoms with E-state index in [0.717, 1.165) is 16.9 Å². The minimum absolute atomic E-state index is 0.0941. The lowest BCUT2D eigenvalue weighted by atomic mass is 10.1. The first kappa shape index (κ1) is 25.3. The molecular weight excluding hydrogens is 480 g/mol. The Balaban J connectivity index is 1.71. The largest absolute Gasteiger partial charge is 0.493 e. The van der Waals surface area contributed by atoms with Crippen LogP contribution in [0.2, 0.25) is 0 Å². The smallest absolute Gasteiger partial charge is 0.265 e. The van der Waals surface area contributed by atoms with E-state index in [1.165, 1.54) is 23.8 Å². The van der Waals surface area contributed by atoms with E-state index in [1.54, 1.807) is 51.9 Å². The molecule has 0 saturated carbocycles. The maximum atomic E-state index is 12.5. The summed E-state index contributed by atoms with van der Waals surface area (Å²) in [5.41, 5.74) is 1.30. The van der Waals surface area contributed by atoms with Crippen LogP contribution >= 0.6 is 23.1 Å². The van der Waals surface area contributed by atoms with Gasteiger partial charge in [0, 0.05) is 26.7 Å². The molecular formula is C21H26N6O5S2. The molecule has 3 rings (SSSR count). The van der Waals surface area contributed by atoms with Gasteiger partial charge in [0.05, 0.1) is 32.8 Å². The maximum Gasteiger partial charge on any atom is 0.265 e. The Labute approximate surface area is 205 Å². The number of carbonyl (C=O) groups excluding carboxylic acids is 2. The number of anilines is 1. The minimum atomic E-state index is -0.264. The lowest BCUT2D eigenvalue weighted by molar-refractivity contribution is -0.113. The SMILES string of the molecule is COc1cc(-c2nnc(SCC(=O)Nc3nc(C)c(C(=O)N(C)C)s3)n2C)cc(OC)c1OC. The van der Waals surface area contributed by atoms with Gasteiger partial charge >= 0.3 is 0 Å². The van der Waals surface area contributed by atoms with Crippen molar-refractivity contribution in [3.8, 4) is 28.6 Å². The van der Waals surface area contributed by atoms with Crippen molar-refractivity contribution < 1.29 is 23.8 Å². The molecule has 0 spiro atoms. The van der Waals surface area contributed by atoms with Gasteiger partial charge in [-0.15, -0.1) is 10.2 Å². The Morgan fingerprint density at radius 1 is 1.12 bits per heavy atom. The van der Waals surface area contributed by atoms with Gasteiger partial charge in [0.15, 0.2) is 27.6 Å². The predicted octanol–water partition coefficient (Wildman–Crippen LogP) is 2.71. The number of hydrogen-bond acceptors (Lipinski definition) is 10. The van der Waals surface area contributed by atoms with Gasteiger partial charge in [0.25, 0.3) is 5.91 Å². The number of thioether (sulfide) groups is 1. The van der Waals surface area contributed by atoms with Crippen LogP contribution in [-0.2, 0) is 11.8 Å². The van der Waals surface area contributed by atoms with E-state index in [9.17, 15) is 9.59 Å². The summed E-state index contributed by atoms with van der Waals surface area (Å²) in [6.07, 6.45) is 0. The number of ether oxygens (including phenoxy) is 3. The third-order valence-corrected chi connectivity index (χ3v) is 6.81. The van der Waals surface area contributed by atoms with Gasteiger partial charge < -0.3 is 29.0 Å². The first-order valence-corrected chi connectivity index (χ1v) is 11.8. The summed E-state index contributed by atoms with van der Waals surface area (Å²) >= 11 is 2.38. The van der Waals surface area contributed by atoms with E-state index in [0.29, 0.717) is 43.9 Å². The van der Waals surface area contributed by atoms with Crippen molar-refractivity contribution in [3.05, 3.63) is 22.7 Å². The topological polar surface area (TPSA) is 121 Å². The zero-order valence-corrected chi connectivity index (χ0v) is 21.6. The second-order valence-corrected chi connectivity index (χ2v) is 9.19. The summed E-state index contributed by atoms with van der Waals surface area (Å²) in [6, 6.07) is 3.56. The highest BCUT2D eigenvalue weighted by molar-refractivity contribution is 7.99. The third kappa shape index (κ3) is 5.25. The molecule has 0 fully saturated rings. The number of benzene rings is 1. The highest BCUT2D eigenvalue weighted by Crippen LogP contribution is 2.41. The minimum Gasteiger partial charge on any atom is -0.493 e. The fraction of sp³-hybridized carbons (Fsp3) is 0.381. The van der Waals surface area contributed by atoms with Crippen molar-refractivity contribution in [3.63, 3.8) is 0 Å². The molecule has 0 atom stereocenters. The molecule has 182 valence electrons. The molecule has 2 amide bonds. The van der Waals surface area contributed by atoms with Crippen LogP contribution in [0.1, 0.15) is 15.4 Å². The number of nitrogens with zero attached hydrogens (tertiary/aromatic N) is 5. The van der Waals surface area contributed by atoms with Crippen LogP contribution in [-0.4, -0.2) is 77.6 Å². The van der Waals surface area contributed by atoms with Gasteiger partial charge in [-0.25, -0.2) is 4.98 Å². The first-order valence-electron chi connectivity index (χ1n) is 10.0. The quantitative estimate of drug-likeness (QED) is 0.437. The number of carbonyl (C=O) groups is 2. The van der Waals surface area contributed by atoms with Crippen molar-refractivity contribution in [1.29, 1.82) is 0 Å². The molecule has 11 nitrogen and oxygen atoms in total. The monoisotopic (exact) mass is 506 g/mol. The summed E-state index contributed by atoms with van der Waals surface area (Å²) in [4.78, 5) is 30.9. The molecule has 1 N–H and O–H groups in total. The number of thiazole rings is 1. The van der Waals surface area contributed by atoms with Crippen molar-refractivity contribution in [1.82, 2.24) is 24.6 Å². The molecule has 0 saturated heterocycles. The first-order chi connectivity index (χ1) is 16.2. The summed E-state index contributed by atoms with van der Waals surface area (Å²) < 4.78 is 18.0. The Bertz CT molecular complexity index is 1180. The number of aromatic nitrogens is 4. The van der Waals surface area contributed by atoms with E-state index in [-0.39, 0.29) is 17.6 Å². The summed E-state index contributed by atoms with van der Waals surface area (Å²) in [7, 11) is 9.77. The van der Waals surface area contributed by atoms with Crippen molar-refractivity contribution in [2.24, 2.45) is 7.05 Å². The second-order valence-electron chi connectivity index (χ2n) is 7.25. The molecule has 3 aromatic rings. The average Bonchev–Trinajstić information content (AvgIpc) is 3.37. The molecule has 2 aromatic heterocycles. The number of nitrogens with one attached hydrogen (secondary N) is 1. The standard InChI is InChI=1S/C21H26N6O5S2/c1-11-17(19(29)26(2)3)34-20(22-11)23-15(28)10-33-21-25-24-18(27(21)4)12-8-13(30-5)16(32-7)14(9-12)31-6/h8-9H,10H2,1-7H3,(H,22,23,28). The fourth-order valence-electron chi connectivity index (χ4n) is 3.04. The molecule has 0 aliphatic heterocycles. The highest BCUT2D eigenvalue weighted by Gasteiger charge is 2.20. The zero-order chi connectivity index (χ0) is 25.0.